The van der Waals surface area contributed by atoms with Crippen LogP contribution in [0.2, 0.25) is 0 Å². The van der Waals surface area contributed by atoms with E-state index in [1.54, 1.807) is 5.56 Å². The Morgan fingerprint density at radius 2 is 2.20 bits per heavy atom. The van der Waals surface area contributed by atoms with E-state index in [1.807, 2.05) is 0 Å². The molecular weight excluding hydrogens is 244 g/mol. The van der Waals surface area contributed by atoms with Gasteiger partial charge in [-0.2, -0.15) is 0 Å². The summed E-state index contributed by atoms with van der Waals surface area (Å²) in [6, 6.07) is 8.50. The highest BCUT2D eigenvalue weighted by Gasteiger charge is 2.26. The molecule has 1 unspecified atom stereocenters. The molecule has 1 heterocycles. The molecule has 2 aliphatic rings. The van der Waals surface area contributed by atoms with Crippen molar-refractivity contribution in [2.75, 3.05) is 18.0 Å². The average molecular weight is 272 g/mol. The first-order valence-corrected chi connectivity index (χ1v) is 8.37. The smallest absolute Gasteiger partial charge is 0.0414 e. The van der Waals surface area contributed by atoms with Crippen molar-refractivity contribution in [3.63, 3.8) is 0 Å². The molecule has 2 nitrogen and oxygen atoms in total. The van der Waals surface area contributed by atoms with Gasteiger partial charge < -0.3 is 10.2 Å². The first kappa shape index (κ1) is 13.9. The SMILES string of the molecule is CCCC(CNC1CC1)N1CCCc2cc(C)ccc21. The number of nitrogens with one attached hydrogen (secondary N) is 1. The first-order valence-electron chi connectivity index (χ1n) is 8.37. The topological polar surface area (TPSA) is 15.3 Å². The zero-order valence-corrected chi connectivity index (χ0v) is 13.0. The van der Waals surface area contributed by atoms with Crippen LogP contribution in [0.25, 0.3) is 0 Å². The van der Waals surface area contributed by atoms with Crippen molar-refractivity contribution in [1.82, 2.24) is 5.32 Å². The average Bonchev–Trinajstić information content (AvgIpc) is 3.26. The van der Waals surface area contributed by atoms with Gasteiger partial charge in [0.05, 0.1) is 0 Å². The Hall–Kier alpha value is -1.02. The van der Waals surface area contributed by atoms with Crippen LogP contribution < -0.4 is 10.2 Å². The summed E-state index contributed by atoms with van der Waals surface area (Å²) in [5.74, 6) is 0. The Bertz CT molecular complexity index is 451. The molecule has 1 aliphatic heterocycles. The number of nitrogens with zero attached hydrogens (tertiary/aromatic N) is 1. The lowest BCUT2D eigenvalue weighted by molar-refractivity contribution is 0.483. The van der Waals surface area contributed by atoms with Crippen LogP contribution in [0.1, 0.15) is 50.2 Å². The molecule has 1 aromatic rings. The van der Waals surface area contributed by atoms with Crippen LogP contribution >= 0.6 is 0 Å². The number of benzene rings is 1. The maximum Gasteiger partial charge on any atom is 0.0414 e. The minimum absolute atomic E-state index is 0.669. The van der Waals surface area contributed by atoms with E-state index in [0.717, 1.165) is 12.6 Å². The van der Waals surface area contributed by atoms with Crippen molar-refractivity contribution >= 4 is 5.69 Å². The highest BCUT2D eigenvalue weighted by atomic mass is 15.2. The van der Waals surface area contributed by atoms with Crippen molar-refractivity contribution in [1.29, 1.82) is 0 Å². The highest BCUT2D eigenvalue weighted by molar-refractivity contribution is 5.57. The first-order chi connectivity index (χ1) is 9.78. The van der Waals surface area contributed by atoms with Crippen LogP contribution in [0, 0.1) is 6.92 Å². The second-order valence-corrected chi connectivity index (χ2v) is 6.55. The second-order valence-electron chi connectivity index (χ2n) is 6.55. The van der Waals surface area contributed by atoms with E-state index in [-0.39, 0.29) is 0 Å². The summed E-state index contributed by atoms with van der Waals surface area (Å²) in [5.41, 5.74) is 4.45. The molecule has 3 rings (SSSR count). The van der Waals surface area contributed by atoms with E-state index in [4.69, 9.17) is 0 Å². The van der Waals surface area contributed by atoms with Gasteiger partial charge >= 0.3 is 0 Å². The van der Waals surface area contributed by atoms with E-state index >= 15 is 0 Å². The van der Waals surface area contributed by atoms with Gasteiger partial charge in [-0.05, 0) is 50.7 Å². The molecule has 1 aliphatic carbocycles. The Kier molecular flexibility index (Phi) is 4.30. The predicted octanol–water partition coefficient (Wildman–Crippen LogP) is 3.67. The predicted molar refractivity (Wildman–Crippen MR) is 86.6 cm³/mol. The summed E-state index contributed by atoms with van der Waals surface area (Å²) in [6.07, 6.45) is 7.90. The van der Waals surface area contributed by atoms with Gasteiger partial charge in [-0.3, -0.25) is 0 Å². The third kappa shape index (κ3) is 3.17. The van der Waals surface area contributed by atoms with Crippen LogP contribution in [0.3, 0.4) is 0 Å². The standard InChI is InChI=1S/C18H28N2/c1-3-5-17(13-19-16-8-9-16)20-11-4-6-15-12-14(2)7-10-18(15)20/h7,10,12,16-17,19H,3-6,8-9,11,13H2,1-2H3. The van der Waals surface area contributed by atoms with Crippen molar-refractivity contribution in [2.45, 2.75) is 64.5 Å². The molecule has 1 saturated carbocycles. The lowest BCUT2D eigenvalue weighted by atomic mass is 9.97. The van der Waals surface area contributed by atoms with Gasteiger partial charge in [0.25, 0.3) is 0 Å². The molecule has 0 amide bonds. The minimum atomic E-state index is 0.669. The van der Waals surface area contributed by atoms with Crippen LogP contribution in [-0.2, 0) is 6.42 Å². The molecule has 1 N–H and O–H groups in total. The summed E-state index contributed by atoms with van der Waals surface area (Å²) in [7, 11) is 0. The number of rotatable bonds is 6. The van der Waals surface area contributed by atoms with Gasteiger partial charge in [0, 0.05) is 30.9 Å². The fraction of sp³-hybridized carbons (Fsp3) is 0.667. The summed E-state index contributed by atoms with van der Waals surface area (Å²) in [5, 5.41) is 3.74. The fourth-order valence-corrected chi connectivity index (χ4v) is 3.43. The van der Waals surface area contributed by atoms with E-state index < -0.39 is 0 Å². The molecule has 0 spiro atoms. The van der Waals surface area contributed by atoms with Gasteiger partial charge in [-0.1, -0.05) is 31.0 Å². The quantitative estimate of drug-likeness (QED) is 0.850. The lowest BCUT2D eigenvalue weighted by Crippen LogP contribution is -2.45. The van der Waals surface area contributed by atoms with Crippen LogP contribution in [0.5, 0.6) is 0 Å². The maximum atomic E-state index is 3.74. The van der Waals surface area contributed by atoms with Gasteiger partial charge in [0.15, 0.2) is 0 Å². The zero-order valence-electron chi connectivity index (χ0n) is 13.0. The van der Waals surface area contributed by atoms with E-state index in [2.05, 4.69) is 42.3 Å². The van der Waals surface area contributed by atoms with Crippen LogP contribution in [0.15, 0.2) is 18.2 Å². The highest BCUT2D eigenvalue weighted by Crippen LogP contribution is 2.31. The number of hydrogen-bond acceptors (Lipinski definition) is 2. The Morgan fingerprint density at radius 1 is 1.35 bits per heavy atom. The van der Waals surface area contributed by atoms with Gasteiger partial charge in [-0.25, -0.2) is 0 Å². The summed E-state index contributed by atoms with van der Waals surface area (Å²) in [4.78, 5) is 2.68. The van der Waals surface area contributed by atoms with Crippen LogP contribution in [-0.4, -0.2) is 25.2 Å². The summed E-state index contributed by atoms with van der Waals surface area (Å²) >= 11 is 0. The number of hydrogen-bond donors (Lipinski definition) is 1. The lowest BCUT2D eigenvalue weighted by Gasteiger charge is -2.38. The second kappa shape index (κ2) is 6.17. The van der Waals surface area contributed by atoms with Crippen LogP contribution in [0.4, 0.5) is 5.69 Å². The summed E-state index contributed by atoms with van der Waals surface area (Å²) < 4.78 is 0. The molecule has 110 valence electrons. The minimum Gasteiger partial charge on any atom is -0.367 e. The molecule has 0 radical (unpaired) electrons. The normalized spacial score (nSPS) is 19.8. The molecule has 0 aromatic heterocycles. The Labute approximate surface area is 123 Å². The maximum absolute atomic E-state index is 3.74. The van der Waals surface area contributed by atoms with Gasteiger partial charge in [0.1, 0.15) is 0 Å². The van der Waals surface area contributed by atoms with E-state index in [9.17, 15) is 0 Å². The van der Waals surface area contributed by atoms with Crippen molar-refractivity contribution < 1.29 is 0 Å². The molecule has 0 bridgehead atoms. The molecule has 1 aromatic carbocycles. The zero-order chi connectivity index (χ0) is 13.9. The number of fused-ring (bicyclic) bond motifs is 1. The third-order valence-corrected chi connectivity index (χ3v) is 4.67. The molecule has 0 saturated heterocycles. The van der Waals surface area contributed by atoms with Gasteiger partial charge in [0.2, 0.25) is 0 Å². The van der Waals surface area contributed by atoms with E-state index in [1.165, 1.54) is 56.3 Å². The molecule has 1 atom stereocenters. The van der Waals surface area contributed by atoms with Crippen molar-refractivity contribution in [3.8, 4) is 0 Å². The largest absolute Gasteiger partial charge is 0.367 e. The summed E-state index contributed by atoms with van der Waals surface area (Å²) in [6.45, 7) is 6.90. The monoisotopic (exact) mass is 272 g/mol. The molecular formula is C18H28N2. The number of anilines is 1. The Balaban J connectivity index is 1.76. The van der Waals surface area contributed by atoms with E-state index in [0.29, 0.717) is 6.04 Å². The molecule has 2 heteroatoms. The molecule has 20 heavy (non-hydrogen) atoms. The van der Waals surface area contributed by atoms with Crippen molar-refractivity contribution in [2.24, 2.45) is 0 Å². The number of aryl methyl sites for hydroxylation is 2. The third-order valence-electron chi connectivity index (χ3n) is 4.67. The molecule has 1 fully saturated rings. The van der Waals surface area contributed by atoms with Gasteiger partial charge in [-0.15, -0.1) is 0 Å². The fourth-order valence-electron chi connectivity index (χ4n) is 3.43. The Morgan fingerprint density at radius 3 is 2.95 bits per heavy atom. The van der Waals surface area contributed by atoms with Crippen molar-refractivity contribution in [3.05, 3.63) is 29.3 Å².